The van der Waals surface area contributed by atoms with Crippen molar-refractivity contribution in [2.75, 3.05) is 39.2 Å². The van der Waals surface area contributed by atoms with Gasteiger partial charge in [0.25, 0.3) is 0 Å². The maximum Gasteiger partial charge on any atom is 0.234 e. The zero-order valence-electron chi connectivity index (χ0n) is 11.7. The van der Waals surface area contributed by atoms with E-state index in [4.69, 9.17) is 9.47 Å². The Morgan fingerprint density at radius 2 is 2.30 bits per heavy atom. The average molecular weight is 282 g/mol. The molecule has 0 radical (unpaired) electrons. The first-order valence-electron chi connectivity index (χ1n) is 6.46. The van der Waals surface area contributed by atoms with Crippen LogP contribution >= 0.6 is 0 Å². The second-order valence-electron chi connectivity index (χ2n) is 4.94. The van der Waals surface area contributed by atoms with Crippen LogP contribution in [0.4, 0.5) is 10.1 Å². The van der Waals surface area contributed by atoms with Gasteiger partial charge in [0.15, 0.2) is 0 Å². The van der Waals surface area contributed by atoms with Crippen molar-refractivity contribution in [1.29, 1.82) is 0 Å². The van der Waals surface area contributed by atoms with E-state index in [-0.39, 0.29) is 11.6 Å². The van der Waals surface area contributed by atoms with E-state index >= 15 is 0 Å². The first-order valence-corrected chi connectivity index (χ1v) is 6.46. The van der Waals surface area contributed by atoms with Gasteiger partial charge in [0.2, 0.25) is 5.91 Å². The molecule has 0 aliphatic carbocycles. The lowest BCUT2D eigenvalue weighted by Crippen LogP contribution is -2.42. The van der Waals surface area contributed by atoms with Gasteiger partial charge in [0, 0.05) is 19.7 Å². The number of nitrogens with one attached hydrogen (secondary N) is 2. The molecular weight excluding hydrogens is 263 g/mol. The Kier molecular flexibility index (Phi) is 4.57. The summed E-state index contributed by atoms with van der Waals surface area (Å²) in [6.45, 7) is 1.58. The number of methoxy groups -OCH3 is 2. The van der Waals surface area contributed by atoms with Crippen molar-refractivity contribution in [2.24, 2.45) is 5.41 Å². The van der Waals surface area contributed by atoms with Crippen LogP contribution in [-0.2, 0) is 9.53 Å². The molecule has 1 atom stereocenters. The van der Waals surface area contributed by atoms with Crippen LogP contribution in [0.5, 0.6) is 5.75 Å². The Bertz CT molecular complexity index is 487. The molecule has 1 aliphatic rings. The molecule has 110 valence electrons. The summed E-state index contributed by atoms with van der Waals surface area (Å²) in [5.74, 6) is -0.235. The summed E-state index contributed by atoms with van der Waals surface area (Å²) in [5, 5.41) is 5.78. The highest BCUT2D eigenvalue weighted by Crippen LogP contribution is 2.29. The van der Waals surface area contributed by atoms with Crippen LogP contribution in [0.3, 0.4) is 0 Å². The van der Waals surface area contributed by atoms with Gasteiger partial charge in [-0.15, -0.1) is 0 Å². The lowest BCUT2D eigenvalue weighted by Gasteiger charge is -2.26. The number of benzene rings is 1. The molecule has 20 heavy (non-hydrogen) atoms. The van der Waals surface area contributed by atoms with Crippen molar-refractivity contribution in [2.45, 2.75) is 6.42 Å². The molecule has 2 N–H and O–H groups in total. The minimum absolute atomic E-state index is 0.122. The minimum atomic E-state index is -0.649. The van der Waals surface area contributed by atoms with Crippen LogP contribution in [0.25, 0.3) is 0 Å². The highest BCUT2D eigenvalue weighted by molar-refractivity contribution is 5.96. The van der Waals surface area contributed by atoms with Crippen molar-refractivity contribution in [1.82, 2.24) is 5.32 Å². The Morgan fingerprint density at radius 1 is 1.50 bits per heavy atom. The molecule has 5 nitrogen and oxygen atoms in total. The lowest BCUT2D eigenvalue weighted by atomic mass is 9.87. The van der Waals surface area contributed by atoms with E-state index in [0.717, 1.165) is 6.54 Å². The number of rotatable bonds is 5. The molecule has 0 bridgehead atoms. The van der Waals surface area contributed by atoms with Crippen LogP contribution < -0.4 is 15.4 Å². The molecule has 1 aliphatic heterocycles. The van der Waals surface area contributed by atoms with Crippen LogP contribution in [0.15, 0.2) is 18.2 Å². The molecule has 1 unspecified atom stereocenters. The smallest absolute Gasteiger partial charge is 0.234 e. The minimum Gasteiger partial charge on any atom is -0.497 e. The zero-order valence-corrected chi connectivity index (χ0v) is 11.7. The van der Waals surface area contributed by atoms with Crippen molar-refractivity contribution in [3.8, 4) is 5.75 Å². The fourth-order valence-electron chi connectivity index (χ4n) is 2.38. The fraction of sp³-hybridized carbons (Fsp3) is 0.500. The van der Waals surface area contributed by atoms with Gasteiger partial charge < -0.3 is 20.1 Å². The second kappa shape index (κ2) is 6.19. The summed E-state index contributed by atoms with van der Waals surface area (Å²) in [5.41, 5.74) is -0.527. The van der Waals surface area contributed by atoms with Crippen molar-refractivity contribution < 1.29 is 18.7 Å². The lowest BCUT2D eigenvalue weighted by molar-refractivity contribution is -0.127. The SMILES string of the molecule is COCC1(C(=O)Nc2cc(OC)ccc2F)CCNC1. The second-order valence-corrected chi connectivity index (χ2v) is 4.94. The highest BCUT2D eigenvalue weighted by atomic mass is 19.1. The summed E-state index contributed by atoms with van der Waals surface area (Å²) in [6, 6.07) is 4.24. The topological polar surface area (TPSA) is 59.6 Å². The quantitative estimate of drug-likeness (QED) is 0.857. The average Bonchev–Trinajstić information content (AvgIpc) is 2.91. The predicted molar refractivity (Wildman–Crippen MR) is 73.4 cm³/mol. The van der Waals surface area contributed by atoms with E-state index in [0.29, 0.717) is 25.3 Å². The van der Waals surface area contributed by atoms with Gasteiger partial charge >= 0.3 is 0 Å². The number of carbonyl (C=O) groups is 1. The van der Waals surface area contributed by atoms with Crippen molar-refractivity contribution in [3.63, 3.8) is 0 Å². The van der Waals surface area contributed by atoms with E-state index in [1.54, 1.807) is 7.11 Å². The van der Waals surface area contributed by atoms with Crippen molar-refractivity contribution in [3.05, 3.63) is 24.0 Å². The molecule has 1 heterocycles. The van der Waals surface area contributed by atoms with Gasteiger partial charge in [0.05, 0.1) is 24.8 Å². The molecule has 1 fully saturated rings. The molecule has 6 heteroatoms. The molecule has 0 saturated carbocycles. The fourth-order valence-corrected chi connectivity index (χ4v) is 2.38. The maximum absolute atomic E-state index is 13.7. The molecular formula is C14H19FN2O3. The largest absolute Gasteiger partial charge is 0.497 e. The summed E-state index contributed by atoms with van der Waals surface area (Å²) >= 11 is 0. The summed E-state index contributed by atoms with van der Waals surface area (Å²) in [6.07, 6.45) is 0.665. The Morgan fingerprint density at radius 3 is 2.90 bits per heavy atom. The van der Waals surface area contributed by atoms with Crippen molar-refractivity contribution >= 4 is 11.6 Å². The Balaban J connectivity index is 2.18. The Hall–Kier alpha value is -1.66. The Labute approximate surface area is 117 Å². The van der Waals surface area contributed by atoms with Gasteiger partial charge in [-0.05, 0) is 25.1 Å². The number of carbonyl (C=O) groups excluding carboxylic acids is 1. The number of ether oxygens (including phenoxy) is 2. The molecule has 0 aromatic heterocycles. The molecule has 1 aromatic carbocycles. The first-order chi connectivity index (χ1) is 9.61. The third-order valence-electron chi connectivity index (χ3n) is 3.57. The van der Waals surface area contributed by atoms with E-state index < -0.39 is 11.2 Å². The zero-order chi connectivity index (χ0) is 14.6. The van der Waals surface area contributed by atoms with Gasteiger partial charge in [-0.2, -0.15) is 0 Å². The molecule has 1 aromatic rings. The first kappa shape index (κ1) is 14.7. The standard InChI is InChI=1S/C14H19FN2O3/c1-19-9-14(5-6-16-8-14)13(18)17-12-7-10(20-2)3-4-11(12)15/h3-4,7,16H,5-6,8-9H2,1-2H3,(H,17,18). The molecule has 1 saturated heterocycles. The number of hydrogen-bond donors (Lipinski definition) is 2. The van der Waals surface area contributed by atoms with Gasteiger partial charge in [-0.25, -0.2) is 4.39 Å². The molecule has 1 amide bonds. The van der Waals surface area contributed by atoms with E-state index in [1.807, 2.05) is 0 Å². The third kappa shape index (κ3) is 2.91. The van der Waals surface area contributed by atoms with Crippen LogP contribution in [0, 0.1) is 11.2 Å². The summed E-state index contributed by atoms with van der Waals surface area (Å²) in [4.78, 5) is 12.4. The summed E-state index contributed by atoms with van der Waals surface area (Å²) in [7, 11) is 3.05. The monoisotopic (exact) mass is 282 g/mol. The van der Waals surface area contributed by atoms with E-state index in [1.165, 1.54) is 25.3 Å². The number of halogens is 1. The highest BCUT2D eigenvalue weighted by Gasteiger charge is 2.41. The molecule has 2 rings (SSSR count). The van der Waals surface area contributed by atoms with E-state index in [2.05, 4.69) is 10.6 Å². The molecule has 0 spiro atoms. The van der Waals surface area contributed by atoms with Gasteiger partial charge in [-0.3, -0.25) is 4.79 Å². The normalized spacial score (nSPS) is 21.8. The van der Waals surface area contributed by atoms with E-state index in [9.17, 15) is 9.18 Å². The number of amides is 1. The van der Waals surface area contributed by atoms with Gasteiger partial charge in [-0.1, -0.05) is 0 Å². The maximum atomic E-state index is 13.7. The number of hydrogen-bond acceptors (Lipinski definition) is 4. The van der Waals surface area contributed by atoms with Crippen LogP contribution in [0.1, 0.15) is 6.42 Å². The third-order valence-corrected chi connectivity index (χ3v) is 3.57. The van der Waals surface area contributed by atoms with Crippen LogP contribution in [-0.4, -0.2) is 39.8 Å². The number of anilines is 1. The van der Waals surface area contributed by atoms with Gasteiger partial charge in [0.1, 0.15) is 11.6 Å². The van der Waals surface area contributed by atoms with Crippen LogP contribution in [0.2, 0.25) is 0 Å². The summed E-state index contributed by atoms with van der Waals surface area (Å²) < 4.78 is 23.9. The predicted octanol–water partition coefficient (Wildman–Crippen LogP) is 1.40.